The minimum atomic E-state index is -0.0496. The molecule has 1 fully saturated rings. The Morgan fingerprint density at radius 2 is 1.86 bits per heavy atom. The van der Waals surface area contributed by atoms with Crippen LogP contribution in [0.4, 0.5) is 5.82 Å². The third-order valence-corrected chi connectivity index (χ3v) is 5.91. The average molecular weight is 376 g/mol. The van der Waals surface area contributed by atoms with Crippen LogP contribution in [0.15, 0.2) is 48.8 Å². The van der Waals surface area contributed by atoms with Crippen LogP contribution in [0.25, 0.3) is 5.69 Å². The number of aromatic nitrogens is 4. The molecule has 7 nitrogen and oxygen atoms in total. The van der Waals surface area contributed by atoms with Gasteiger partial charge in [0.25, 0.3) is 0 Å². The third kappa shape index (κ3) is 2.92. The van der Waals surface area contributed by atoms with Crippen molar-refractivity contribution in [3.8, 4) is 5.69 Å². The smallest absolute Gasteiger partial charge is 0.226 e. The monoisotopic (exact) mass is 376 g/mol. The zero-order valence-electron chi connectivity index (χ0n) is 16.0. The van der Waals surface area contributed by atoms with E-state index >= 15 is 0 Å². The molecule has 2 aliphatic rings. The largest absolute Gasteiger partial charge is 0.311 e. The Morgan fingerprint density at radius 1 is 1.07 bits per heavy atom. The maximum atomic E-state index is 12.6. The van der Waals surface area contributed by atoms with Gasteiger partial charge in [-0.05, 0) is 51.2 Å². The van der Waals surface area contributed by atoms with Gasteiger partial charge < -0.3 is 10.2 Å². The van der Waals surface area contributed by atoms with Gasteiger partial charge in [0.1, 0.15) is 5.82 Å². The van der Waals surface area contributed by atoms with E-state index in [0.29, 0.717) is 12.5 Å². The lowest BCUT2D eigenvalue weighted by Crippen LogP contribution is -2.33. The van der Waals surface area contributed by atoms with Crippen molar-refractivity contribution in [2.45, 2.75) is 31.2 Å². The van der Waals surface area contributed by atoms with Crippen LogP contribution in [0.5, 0.6) is 0 Å². The topological polar surface area (TPSA) is 68.0 Å². The van der Waals surface area contributed by atoms with Crippen LogP contribution < -0.4 is 5.32 Å². The first-order chi connectivity index (χ1) is 13.7. The minimum absolute atomic E-state index is 0.0352. The Labute approximate surface area is 164 Å². The van der Waals surface area contributed by atoms with Crippen molar-refractivity contribution in [1.82, 2.24) is 24.5 Å². The summed E-state index contributed by atoms with van der Waals surface area (Å²) in [4.78, 5) is 14.9. The fourth-order valence-corrected chi connectivity index (χ4v) is 4.38. The predicted molar refractivity (Wildman–Crippen MR) is 107 cm³/mol. The molecule has 1 N–H and O–H groups in total. The fraction of sp³-hybridized carbons (Fsp3) is 0.381. The maximum absolute atomic E-state index is 12.6. The van der Waals surface area contributed by atoms with Crippen LogP contribution in [-0.2, 0) is 4.79 Å². The third-order valence-electron chi connectivity index (χ3n) is 5.91. The van der Waals surface area contributed by atoms with Crippen molar-refractivity contribution in [3.63, 3.8) is 0 Å². The standard InChI is InChI=1S/C21H24N6O/c1-25-11-8-16(9-12-25)27-21-18(14-23-27)17(13-20(28)24-21)19-7-10-22-26(19)15-5-3-2-4-6-15/h2-7,10,14,16-17H,8-9,11-13H2,1H3,(H,24,28). The zero-order valence-corrected chi connectivity index (χ0v) is 16.0. The molecule has 1 unspecified atom stereocenters. The number of nitrogens with one attached hydrogen (secondary N) is 1. The molecule has 0 saturated carbocycles. The molecule has 1 aromatic carbocycles. The second-order valence-corrected chi connectivity index (χ2v) is 7.74. The highest BCUT2D eigenvalue weighted by Crippen LogP contribution is 2.39. The molecule has 1 atom stereocenters. The number of carbonyl (C=O) groups is 1. The molecule has 2 aliphatic heterocycles. The number of piperidine rings is 1. The summed E-state index contributed by atoms with van der Waals surface area (Å²) in [6.07, 6.45) is 6.24. The first-order valence-corrected chi connectivity index (χ1v) is 9.86. The van der Waals surface area contributed by atoms with Crippen molar-refractivity contribution in [3.05, 3.63) is 60.0 Å². The summed E-state index contributed by atoms with van der Waals surface area (Å²) in [5.74, 6) is 0.844. The van der Waals surface area contributed by atoms with Crippen LogP contribution in [0.3, 0.4) is 0 Å². The summed E-state index contributed by atoms with van der Waals surface area (Å²) in [5, 5.41) is 12.3. The molecule has 0 bridgehead atoms. The van der Waals surface area contributed by atoms with E-state index in [2.05, 4.69) is 22.4 Å². The van der Waals surface area contributed by atoms with Gasteiger partial charge in [-0.3, -0.25) is 4.79 Å². The SMILES string of the molecule is CN1CCC(n2ncc3c2NC(=O)CC3c2ccnn2-c2ccccc2)CC1. The molecule has 7 heteroatoms. The van der Waals surface area contributed by atoms with Crippen molar-refractivity contribution in [2.75, 3.05) is 25.5 Å². The van der Waals surface area contributed by atoms with Crippen LogP contribution in [0.2, 0.25) is 0 Å². The van der Waals surface area contributed by atoms with E-state index in [9.17, 15) is 4.79 Å². The Balaban J connectivity index is 1.53. The molecule has 2 aromatic heterocycles. The zero-order chi connectivity index (χ0) is 19.1. The predicted octanol–water partition coefficient (Wildman–Crippen LogP) is 2.81. The Hall–Kier alpha value is -2.93. The molecule has 0 radical (unpaired) electrons. The second kappa shape index (κ2) is 6.91. The normalized spacial score (nSPS) is 20.8. The van der Waals surface area contributed by atoms with E-state index in [-0.39, 0.29) is 11.8 Å². The first kappa shape index (κ1) is 17.2. The molecule has 1 amide bonds. The molecule has 0 spiro atoms. The van der Waals surface area contributed by atoms with Gasteiger partial charge in [-0.1, -0.05) is 18.2 Å². The summed E-state index contributed by atoms with van der Waals surface area (Å²) in [6, 6.07) is 12.4. The number of nitrogens with zero attached hydrogens (tertiary/aromatic N) is 5. The number of likely N-dealkylation sites (tertiary alicyclic amines) is 1. The van der Waals surface area contributed by atoms with Gasteiger partial charge >= 0.3 is 0 Å². The minimum Gasteiger partial charge on any atom is -0.311 e. The molecular formula is C21H24N6O. The lowest BCUT2D eigenvalue weighted by Gasteiger charge is -2.31. The number of anilines is 1. The van der Waals surface area contributed by atoms with Crippen molar-refractivity contribution in [2.24, 2.45) is 0 Å². The van der Waals surface area contributed by atoms with E-state index in [4.69, 9.17) is 5.10 Å². The summed E-state index contributed by atoms with van der Waals surface area (Å²) in [7, 11) is 2.15. The summed E-state index contributed by atoms with van der Waals surface area (Å²) in [5.41, 5.74) is 3.10. The lowest BCUT2D eigenvalue weighted by molar-refractivity contribution is -0.116. The van der Waals surface area contributed by atoms with Crippen LogP contribution in [-0.4, -0.2) is 50.5 Å². The molecule has 144 valence electrons. The van der Waals surface area contributed by atoms with Gasteiger partial charge in [0.05, 0.1) is 23.6 Å². The number of hydrogen-bond donors (Lipinski definition) is 1. The number of amides is 1. The lowest BCUT2D eigenvalue weighted by atomic mass is 9.90. The maximum Gasteiger partial charge on any atom is 0.226 e. The van der Waals surface area contributed by atoms with Gasteiger partial charge in [0.15, 0.2) is 0 Å². The van der Waals surface area contributed by atoms with Crippen molar-refractivity contribution >= 4 is 11.7 Å². The Bertz CT molecular complexity index is 984. The van der Waals surface area contributed by atoms with Crippen molar-refractivity contribution < 1.29 is 4.79 Å². The number of para-hydroxylation sites is 1. The van der Waals surface area contributed by atoms with Crippen LogP contribution >= 0.6 is 0 Å². The van der Waals surface area contributed by atoms with Gasteiger partial charge in [0, 0.05) is 24.1 Å². The molecule has 1 saturated heterocycles. The highest BCUT2D eigenvalue weighted by molar-refractivity contribution is 5.94. The Kier molecular flexibility index (Phi) is 4.24. The molecule has 4 heterocycles. The van der Waals surface area contributed by atoms with Gasteiger partial charge in [-0.15, -0.1) is 0 Å². The number of fused-ring (bicyclic) bond motifs is 1. The summed E-state index contributed by atoms with van der Waals surface area (Å²) >= 11 is 0. The van der Waals surface area contributed by atoms with Gasteiger partial charge in [-0.25, -0.2) is 9.36 Å². The van der Waals surface area contributed by atoms with Gasteiger partial charge in [-0.2, -0.15) is 10.2 Å². The van der Waals surface area contributed by atoms with E-state index in [1.165, 1.54) is 0 Å². The second-order valence-electron chi connectivity index (χ2n) is 7.74. The number of benzene rings is 1. The molecular weight excluding hydrogens is 352 g/mol. The first-order valence-electron chi connectivity index (χ1n) is 9.86. The quantitative estimate of drug-likeness (QED) is 0.763. The molecule has 28 heavy (non-hydrogen) atoms. The van der Waals surface area contributed by atoms with Crippen LogP contribution in [0, 0.1) is 0 Å². The fourth-order valence-electron chi connectivity index (χ4n) is 4.38. The van der Waals surface area contributed by atoms with E-state index in [1.54, 1.807) is 6.20 Å². The Morgan fingerprint density at radius 3 is 2.64 bits per heavy atom. The number of rotatable bonds is 3. The highest BCUT2D eigenvalue weighted by atomic mass is 16.1. The van der Waals surface area contributed by atoms with Crippen LogP contribution in [0.1, 0.15) is 42.5 Å². The van der Waals surface area contributed by atoms with Crippen molar-refractivity contribution in [1.29, 1.82) is 0 Å². The average Bonchev–Trinajstić information content (AvgIpc) is 3.36. The van der Waals surface area contributed by atoms with Gasteiger partial charge in [0.2, 0.25) is 5.91 Å². The highest BCUT2D eigenvalue weighted by Gasteiger charge is 2.34. The number of carbonyl (C=O) groups excluding carboxylic acids is 1. The van der Waals surface area contributed by atoms with E-state index in [0.717, 1.165) is 48.7 Å². The molecule has 0 aliphatic carbocycles. The van der Waals surface area contributed by atoms with E-state index in [1.807, 2.05) is 52.0 Å². The van der Waals surface area contributed by atoms with E-state index < -0.39 is 0 Å². The number of hydrogen-bond acceptors (Lipinski definition) is 4. The summed E-state index contributed by atoms with van der Waals surface area (Å²) in [6.45, 7) is 2.11. The summed E-state index contributed by atoms with van der Waals surface area (Å²) < 4.78 is 3.97. The molecule has 3 aromatic rings. The molecule has 5 rings (SSSR count).